The molecule has 32 heavy (non-hydrogen) atoms. The van der Waals surface area contributed by atoms with Gasteiger partial charge in [-0.25, -0.2) is 4.68 Å². The van der Waals surface area contributed by atoms with Crippen molar-refractivity contribution >= 4 is 11.8 Å². The summed E-state index contributed by atoms with van der Waals surface area (Å²) < 4.78 is 1.64. The number of primary amides is 1. The fraction of sp³-hybridized carbons (Fsp3) is 0.115. The first-order valence-electron chi connectivity index (χ1n) is 10.5. The van der Waals surface area contributed by atoms with Crippen LogP contribution in [0.5, 0.6) is 0 Å². The largest absolute Gasteiger partial charge is 0.368 e. The minimum Gasteiger partial charge on any atom is -0.368 e. The van der Waals surface area contributed by atoms with Crippen LogP contribution in [-0.4, -0.2) is 32.5 Å². The van der Waals surface area contributed by atoms with E-state index in [1.54, 1.807) is 15.6 Å². The molecule has 0 radical (unpaired) electrons. The van der Waals surface area contributed by atoms with Crippen molar-refractivity contribution in [2.24, 2.45) is 5.73 Å². The number of benzene rings is 3. The smallest absolute Gasteiger partial charge is 0.273 e. The second-order valence-electron chi connectivity index (χ2n) is 7.85. The Hall–Kier alpha value is -4.19. The second kappa shape index (κ2) is 8.15. The van der Waals surface area contributed by atoms with Crippen LogP contribution in [0.4, 0.5) is 0 Å². The number of rotatable bonds is 4. The van der Waals surface area contributed by atoms with E-state index in [9.17, 15) is 9.59 Å². The minimum atomic E-state index is -0.711. The molecule has 158 valence electrons. The summed E-state index contributed by atoms with van der Waals surface area (Å²) in [4.78, 5) is 27.7. The summed E-state index contributed by atoms with van der Waals surface area (Å²) in [5, 5.41) is 4.73. The van der Waals surface area contributed by atoms with Gasteiger partial charge in [0.25, 0.3) is 5.91 Å². The summed E-state index contributed by atoms with van der Waals surface area (Å²) in [6, 6.07) is 28.1. The molecule has 0 unspecified atom stereocenters. The van der Waals surface area contributed by atoms with Gasteiger partial charge in [0.05, 0.1) is 11.4 Å². The van der Waals surface area contributed by atoms with Crippen molar-refractivity contribution in [2.75, 3.05) is 0 Å². The molecule has 5 rings (SSSR count). The molecule has 1 aliphatic rings. The van der Waals surface area contributed by atoms with Gasteiger partial charge >= 0.3 is 0 Å². The van der Waals surface area contributed by atoms with E-state index < -0.39 is 11.9 Å². The summed E-state index contributed by atoms with van der Waals surface area (Å²) in [6.07, 6.45) is 0.405. The average Bonchev–Trinajstić information content (AvgIpc) is 3.29. The van der Waals surface area contributed by atoms with E-state index in [0.29, 0.717) is 24.4 Å². The molecule has 0 saturated heterocycles. The second-order valence-corrected chi connectivity index (χ2v) is 7.85. The van der Waals surface area contributed by atoms with Crippen molar-refractivity contribution in [3.63, 3.8) is 0 Å². The first-order chi connectivity index (χ1) is 15.6. The van der Waals surface area contributed by atoms with Crippen molar-refractivity contribution < 1.29 is 9.59 Å². The monoisotopic (exact) mass is 422 g/mol. The van der Waals surface area contributed by atoms with Crippen LogP contribution in [0.3, 0.4) is 0 Å². The Morgan fingerprint density at radius 3 is 2.16 bits per heavy atom. The number of fused-ring (bicyclic) bond motifs is 1. The lowest BCUT2D eigenvalue weighted by atomic mass is 9.93. The molecule has 3 aromatic carbocycles. The van der Waals surface area contributed by atoms with Crippen LogP contribution in [-0.2, 0) is 17.8 Å². The first-order valence-corrected chi connectivity index (χ1v) is 10.5. The maximum atomic E-state index is 13.8. The highest BCUT2D eigenvalue weighted by Gasteiger charge is 2.35. The summed E-state index contributed by atoms with van der Waals surface area (Å²) in [6.45, 7) is 0.323. The third-order valence-corrected chi connectivity index (χ3v) is 5.84. The van der Waals surface area contributed by atoms with Gasteiger partial charge in [-0.2, -0.15) is 5.10 Å². The van der Waals surface area contributed by atoms with Crippen molar-refractivity contribution in [3.05, 3.63) is 108 Å². The molecule has 2 N–H and O–H groups in total. The Balaban J connectivity index is 1.61. The van der Waals surface area contributed by atoms with E-state index in [-0.39, 0.29) is 5.91 Å². The molecule has 1 aliphatic heterocycles. The van der Waals surface area contributed by atoms with Crippen LogP contribution < -0.4 is 5.73 Å². The predicted molar refractivity (Wildman–Crippen MR) is 122 cm³/mol. The normalized spacial score (nSPS) is 15.2. The molecule has 0 aliphatic carbocycles. The van der Waals surface area contributed by atoms with Gasteiger partial charge in [0, 0.05) is 18.5 Å². The number of nitrogens with zero attached hydrogens (tertiary/aromatic N) is 3. The minimum absolute atomic E-state index is 0.276. The number of hydrogen-bond acceptors (Lipinski definition) is 3. The van der Waals surface area contributed by atoms with E-state index in [1.165, 1.54) is 0 Å². The molecule has 0 spiro atoms. The molecule has 4 aromatic rings. The van der Waals surface area contributed by atoms with Crippen LogP contribution in [0, 0.1) is 0 Å². The van der Waals surface area contributed by atoms with E-state index in [0.717, 1.165) is 22.4 Å². The third kappa shape index (κ3) is 3.56. The van der Waals surface area contributed by atoms with E-state index >= 15 is 0 Å². The molecule has 0 saturated carbocycles. The summed E-state index contributed by atoms with van der Waals surface area (Å²) >= 11 is 0. The number of carbonyl (C=O) groups is 2. The quantitative estimate of drug-likeness (QED) is 0.546. The summed E-state index contributed by atoms with van der Waals surface area (Å²) in [5.41, 5.74) is 10.5. The topological polar surface area (TPSA) is 81.2 Å². The van der Waals surface area contributed by atoms with Crippen LogP contribution in [0.1, 0.15) is 21.6 Å². The van der Waals surface area contributed by atoms with Gasteiger partial charge < -0.3 is 10.6 Å². The zero-order valence-corrected chi connectivity index (χ0v) is 17.4. The fourth-order valence-electron chi connectivity index (χ4n) is 4.19. The molecule has 1 atom stereocenters. The van der Waals surface area contributed by atoms with Crippen LogP contribution in [0.15, 0.2) is 91.0 Å². The third-order valence-electron chi connectivity index (χ3n) is 5.84. The number of nitrogens with two attached hydrogens (primary N) is 1. The molecule has 6 heteroatoms. The maximum Gasteiger partial charge on any atom is 0.273 e. The molecule has 1 aromatic heterocycles. The zero-order valence-electron chi connectivity index (χ0n) is 17.4. The van der Waals surface area contributed by atoms with Crippen molar-refractivity contribution in [3.8, 4) is 16.9 Å². The lowest BCUT2D eigenvalue weighted by Crippen LogP contribution is -2.51. The van der Waals surface area contributed by atoms with Gasteiger partial charge in [-0.15, -0.1) is 0 Å². The number of aromatic nitrogens is 2. The van der Waals surface area contributed by atoms with Gasteiger partial charge in [0.15, 0.2) is 0 Å². The fourth-order valence-corrected chi connectivity index (χ4v) is 4.19. The highest BCUT2D eigenvalue weighted by Crippen LogP contribution is 2.28. The summed E-state index contributed by atoms with van der Waals surface area (Å²) in [7, 11) is 0. The molecular weight excluding hydrogens is 400 g/mol. The van der Waals surface area contributed by atoms with Crippen LogP contribution >= 0.6 is 0 Å². The highest BCUT2D eigenvalue weighted by molar-refractivity contribution is 5.97. The Bertz CT molecular complexity index is 1280. The van der Waals surface area contributed by atoms with Crippen LogP contribution in [0.25, 0.3) is 16.9 Å². The van der Waals surface area contributed by atoms with Gasteiger partial charge in [0.1, 0.15) is 11.7 Å². The molecular formula is C26H22N4O2. The lowest BCUT2D eigenvalue weighted by molar-refractivity contribution is -0.122. The molecule has 2 heterocycles. The molecule has 2 amide bonds. The first kappa shape index (κ1) is 19.8. The molecule has 0 bridgehead atoms. The average molecular weight is 422 g/mol. The number of para-hydroxylation sites is 1. The summed E-state index contributed by atoms with van der Waals surface area (Å²) in [5.74, 6) is -0.788. The van der Waals surface area contributed by atoms with Gasteiger partial charge in [0.2, 0.25) is 5.91 Å². The molecule has 6 nitrogen and oxygen atoms in total. The van der Waals surface area contributed by atoms with Crippen LogP contribution in [0.2, 0.25) is 0 Å². The standard InChI is InChI=1S/C26H22N4O2/c27-25(31)23-15-19-11-7-8-12-20(19)17-29(23)26(32)24-16-22(18-9-3-1-4-10-18)28-30(24)21-13-5-2-6-14-21/h1-14,16,23H,15,17H2,(H2,27,31)/t23-/m1/s1. The Kier molecular flexibility index (Phi) is 5.03. The highest BCUT2D eigenvalue weighted by atomic mass is 16.2. The predicted octanol–water partition coefficient (Wildman–Crippen LogP) is 3.59. The van der Waals surface area contributed by atoms with E-state index in [2.05, 4.69) is 0 Å². The van der Waals surface area contributed by atoms with Gasteiger partial charge in [-0.1, -0.05) is 72.8 Å². The van der Waals surface area contributed by atoms with E-state index in [1.807, 2.05) is 84.9 Å². The zero-order chi connectivity index (χ0) is 22.1. The molecule has 0 fully saturated rings. The SMILES string of the molecule is NC(=O)[C@H]1Cc2ccccc2CN1C(=O)c1cc(-c2ccccc2)nn1-c1ccccc1. The van der Waals surface area contributed by atoms with E-state index in [4.69, 9.17) is 10.8 Å². The Labute approximate surface area is 185 Å². The van der Waals surface area contributed by atoms with Gasteiger partial charge in [-0.3, -0.25) is 9.59 Å². The van der Waals surface area contributed by atoms with Crippen molar-refractivity contribution in [2.45, 2.75) is 19.0 Å². The van der Waals surface area contributed by atoms with Gasteiger partial charge in [-0.05, 0) is 29.3 Å². The Morgan fingerprint density at radius 1 is 0.844 bits per heavy atom. The lowest BCUT2D eigenvalue weighted by Gasteiger charge is -2.35. The Morgan fingerprint density at radius 2 is 1.47 bits per heavy atom. The maximum absolute atomic E-state index is 13.8. The van der Waals surface area contributed by atoms with Crippen molar-refractivity contribution in [1.29, 1.82) is 0 Å². The number of carbonyl (C=O) groups excluding carboxylic acids is 2. The number of hydrogen-bond donors (Lipinski definition) is 1. The number of amides is 2. The van der Waals surface area contributed by atoms with Crippen molar-refractivity contribution in [1.82, 2.24) is 14.7 Å².